The monoisotopic (exact) mass is 460 g/mol. The van der Waals surface area contributed by atoms with E-state index >= 15 is 0 Å². The number of sulfonamides is 1. The summed E-state index contributed by atoms with van der Waals surface area (Å²) in [7, 11) is 0.231. The standard InChI is InChI=1S/C17H22N4O2S.C2HF3O2/c1-19-12-14(11-18-19)13-21-9-7-17(8-10-21)15-5-3-4-6-16(15)20(2)24(17,22)23;3-2(4,5)1(6)7/h3-6,11-12H,7-10,13H2,1-2H3;(H,6,7). The number of carboxylic acid groups (broad SMARTS) is 1. The predicted molar refractivity (Wildman–Crippen MR) is 107 cm³/mol. The van der Waals surface area contributed by atoms with Crippen molar-refractivity contribution in [1.29, 1.82) is 0 Å². The van der Waals surface area contributed by atoms with Gasteiger partial charge in [-0.05, 0) is 24.5 Å². The second kappa shape index (κ2) is 8.15. The van der Waals surface area contributed by atoms with Gasteiger partial charge < -0.3 is 5.11 Å². The van der Waals surface area contributed by atoms with E-state index in [0.29, 0.717) is 12.8 Å². The SMILES string of the molecule is CN1c2ccccc2C2(CCN(Cc3cnn(C)c3)CC2)S1(=O)=O.O=C(O)C(F)(F)F. The Morgan fingerprint density at radius 1 is 1.19 bits per heavy atom. The molecule has 1 fully saturated rings. The van der Waals surface area contributed by atoms with Gasteiger partial charge in [0.15, 0.2) is 0 Å². The third-order valence-corrected chi connectivity index (χ3v) is 8.19. The molecule has 2 aliphatic rings. The minimum Gasteiger partial charge on any atom is -0.475 e. The molecule has 1 saturated heterocycles. The Kier molecular flexibility index (Phi) is 6.07. The van der Waals surface area contributed by atoms with Gasteiger partial charge in [-0.15, -0.1) is 0 Å². The lowest BCUT2D eigenvalue weighted by molar-refractivity contribution is -0.192. The van der Waals surface area contributed by atoms with Crippen molar-refractivity contribution >= 4 is 21.7 Å². The summed E-state index contributed by atoms with van der Waals surface area (Å²) in [6, 6.07) is 7.73. The van der Waals surface area contributed by atoms with Crippen LogP contribution in [0, 0.1) is 0 Å². The van der Waals surface area contributed by atoms with Crippen molar-refractivity contribution < 1.29 is 31.5 Å². The molecule has 0 amide bonds. The number of aliphatic carboxylic acids is 1. The number of hydrogen-bond acceptors (Lipinski definition) is 5. The van der Waals surface area contributed by atoms with E-state index in [1.54, 1.807) is 11.7 Å². The van der Waals surface area contributed by atoms with Gasteiger partial charge in [0.1, 0.15) is 4.75 Å². The number of likely N-dealkylation sites (tertiary alicyclic amines) is 1. The molecule has 2 aliphatic heterocycles. The first-order valence-electron chi connectivity index (χ1n) is 9.46. The van der Waals surface area contributed by atoms with Gasteiger partial charge in [0.05, 0.1) is 11.9 Å². The lowest BCUT2D eigenvalue weighted by Gasteiger charge is -2.38. The van der Waals surface area contributed by atoms with Crippen LogP contribution in [0.4, 0.5) is 18.9 Å². The van der Waals surface area contributed by atoms with Gasteiger partial charge >= 0.3 is 12.1 Å². The summed E-state index contributed by atoms with van der Waals surface area (Å²) in [5.74, 6) is -2.76. The van der Waals surface area contributed by atoms with Crippen LogP contribution in [0.1, 0.15) is 24.0 Å². The number of carboxylic acids is 1. The number of carbonyl (C=O) groups is 1. The molecule has 0 atom stereocenters. The van der Waals surface area contributed by atoms with Gasteiger partial charge in [-0.1, -0.05) is 18.2 Å². The highest BCUT2D eigenvalue weighted by atomic mass is 32.2. The van der Waals surface area contributed by atoms with Crippen LogP contribution in [0.2, 0.25) is 0 Å². The number of piperidine rings is 1. The number of para-hydroxylation sites is 1. The van der Waals surface area contributed by atoms with Crippen LogP contribution < -0.4 is 4.31 Å². The lowest BCUT2D eigenvalue weighted by atomic mass is 9.87. The minimum atomic E-state index is -5.08. The Morgan fingerprint density at radius 3 is 2.29 bits per heavy atom. The van der Waals surface area contributed by atoms with E-state index in [2.05, 4.69) is 10.00 Å². The summed E-state index contributed by atoms with van der Waals surface area (Å²) in [6.45, 7) is 2.37. The lowest BCUT2D eigenvalue weighted by Crippen LogP contribution is -2.47. The number of aryl methyl sites for hydroxylation is 1. The Hall–Kier alpha value is -2.60. The second-order valence-corrected chi connectivity index (χ2v) is 9.86. The first-order chi connectivity index (χ1) is 14.4. The molecule has 1 aromatic carbocycles. The minimum absolute atomic E-state index is 0.636. The maximum absolute atomic E-state index is 13.1. The maximum atomic E-state index is 13.1. The highest BCUT2D eigenvalue weighted by Gasteiger charge is 2.55. The van der Waals surface area contributed by atoms with Crippen molar-refractivity contribution in [2.24, 2.45) is 7.05 Å². The Balaban J connectivity index is 0.000000339. The fraction of sp³-hybridized carbons (Fsp3) is 0.474. The average molecular weight is 460 g/mol. The van der Waals surface area contributed by atoms with E-state index < -0.39 is 26.9 Å². The van der Waals surface area contributed by atoms with E-state index in [1.165, 1.54) is 9.87 Å². The summed E-state index contributed by atoms with van der Waals surface area (Å²) < 4.78 is 60.4. The quantitative estimate of drug-likeness (QED) is 0.739. The van der Waals surface area contributed by atoms with Crippen LogP contribution in [0.25, 0.3) is 0 Å². The zero-order valence-electron chi connectivity index (χ0n) is 17.0. The van der Waals surface area contributed by atoms with Gasteiger partial charge in [0, 0.05) is 45.5 Å². The third kappa shape index (κ3) is 4.26. The Labute approximate surface area is 177 Å². The predicted octanol–water partition coefficient (Wildman–Crippen LogP) is 2.32. The number of rotatable bonds is 2. The summed E-state index contributed by atoms with van der Waals surface area (Å²) >= 11 is 0. The number of nitrogens with zero attached hydrogens (tertiary/aromatic N) is 4. The Morgan fingerprint density at radius 2 is 1.77 bits per heavy atom. The molecule has 1 aromatic heterocycles. The summed E-state index contributed by atoms with van der Waals surface area (Å²) in [5.41, 5.74) is 2.96. The van der Waals surface area contributed by atoms with Gasteiger partial charge in [0.2, 0.25) is 10.0 Å². The highest BCUT2D eigenvalue weighted by molar-refractivity contribution is 7.94. The van der Waals surface area contributed by atoms with Crippen molar-refractivity contribution in [2.75, 3.05) is 24.4 Å². The molecule has 0 radical (unpaired) electrons. The van der Waals surface area contributed by atoms with Crippen LogP contribution in [0.15, 0.2) is 36.7 Å². The van der Waals surface area contributed by atoms with Gasteiger partial charge in [-0.3, -0.25) is 13.9 Å². The molecule has 0 aliphatic carbocycles. The van der Waals surface area contributed by atoms with Crippen LogP contribution in [0.3, 0.4) is 0 Å². The molecule has 0 saturated carbocycles. The third-order valence-electron chi connectivity index (χ3n) is 5.66. The van der Waals surface area contributed by atoms with Crippen LogP contribution in [0.5, 0.6) is 0 Å². The zero-order chi connectivity index (χ0) is 23.0. The molecule has 1 spiro atoms. The van der Waals surface area contributed by atoms with Gasteiger partial charge in [-0.2, -0.15) is 18.3 Å². The van der Waals surface area contributed by atoms with E-state index in [1.807, 2.05) is 43.7 Å². The maximum Gasteiger partial charge on any atom is 0.490 e. The number of hydrogen-bond donors (Lipinski definition) is 1. The number of halogens is 3. The van der Waals surface area contributed by atoms with E-state index in [4.69, 9.17) is 9.90 Å². The summed E-state index contributed by atoms with van der Waals surface area (Å²) in [5, 5.41) is 11.3. The van der Waals surface area contributed by atoms with Gasteiger partial charge in [-0.25, -0.2) is 13.2 Å². The van der Waals surface area contributed by atoms with Crippen molar-refractivity contribution in [3.8, 4) is 0 Å². The summed E-state index contributed by atoms with van der Waals surface area (Å²) in [6.07, 6.45) is 0.0768. The first kappa shape index (κ1) is 23.1. The molecule has 0 bridgehead atoms. The molecule has 12 heteroatoms. The molecular weight excluding hydrogens is 437 g/mol. The fourth-order valence-corrected chi connectivity index (χ4v) is 6.17. The van der Waals surface area contributed by atoms with Crippen molar-refractivity contribution in [3.63, 3.8) is 0 Å². The highest BCUT2D eigenvalue weighted by Crippen LogP contribution is 2.51. The van der Waals surface area contributed by atoms with Crippen LogP contribution in [-0.2, 0) is 33.2 Å². The number of anilines is 1. The Bertz CT molecular complexity index is 1060. The van der Waals surface area contributed by atoms with Crippen molar-refractivity contribution in [2.45, 2.75) is 30.3 Å². The molecule has 170 valence electrons. The van der Waals surface area contributed by atoms with E-state index in [0.717, 1.165) is 30.9 Å². The topological polar surface area (TPSA) is 95.7 Å². The molecule has 2 aromatic rings. The zero-order valence-corrected chi connectivity index (χ0v) is 17.8. The molecular formula is C19H23F3N4O4S. The summed E-state index contributed by atoms with van der Waals surface area (Å²) in [4.78, 5) is 11.2. The number of benzene rings is 1. The normalized spacial score (nSPS) is 19.6. The van der Waals surface area contributed by atoms with Gasteiger partial charge in [0.25, 0.3) is 0 Å². The molecule has 1 N–H and O–H groups in total. The second-order valence-electron chi connectivity index (χ2n) is 7.59. The van der Waals surface area contributed by atoms with E-state index in [9.17, 15) is 21.6 Å². The molecule has 8 nitrogen and oxygen atoms in total. The smallest absolute Gasteiger partial charge is 0.475 e. The van der Waals surface area contributed by atoms with E-state index in [-0.39, 0.29) is 0 Å². The van der Waals surface area contributed by atoms with Crippen LogP contribution in [-0.4, -0.2) is 60.5 Å². The number of alkyl halides is 3. The molecule has 3 heterocycles. The first-order valence-corrected chi connectivity index (χ1v) is 10.9. The molecule has 4 rings (SSSR count). The van der Waals surface area contributed by atoms with Crippen molar-refractivity contribution in [3.05, 3.63) is 47.8 Å². The molecule has 31 heavy (non-hydrogen) atoms. The largest absolute Gasteiger partial charge is 0.490 e. The molecule has 0 unspecified atom stereocenters. The fourth-order valence-electron chi connectivity index (χ4n) is 4.08. The average Bonchev–Trinajstić information content (AvgIpc) is 3.18. The van der Waals surface area contributed by atoms with Crippen LogP contribution >= 0.6 is 0 Å². The number of aromatic nitrogens is 2. The number of fused-ring (bicyclic) bond motifs is 2. The van der Waals surface area contributed by atoms with Crippen molar-refractivity contribution in [1.82, 2.24) is 14.7 Å².